The maximum atomic E-state index is 11.4. The van der Waals surface area contributed by atoms with E-state index < -0.39 is 11.9 Å². The van der Waals surface area contributed by atoms with Gasteiger partial charge < -0.3 is 0 Å². The number of unbranched alkanes of at least 4 members (excludes halogenated alkanes) is 8. The van der Waals surface area contributed by atoms with Crippen molar-refractivity contribution < 1.29 is 19.4 Å². The van der Waals surface area contributed by atoms with E-state index in [0.29, 0.717) is 11.8 Å². The number of halogens is 2. The first kappa shape index (κ1) is 21.5. The van der Waals surface area contributed by atoms with Crippen molar-refractivity contribution in [2.75, 3.05) is 11.8 Å². The van der Waals surface area contributed by atoms with Crippen LogP contribution in [0.4, 0.5) is 0 Å². The molecule has 0 unspecified atom stereocenters. The van der Waals surface area contributed by atoms with Crippen LogP contribution in [0.5, 0.6) is 0 Å². The average molecular weight is 355 g/mol. The van der Waals surface area contributed by atoms with Crippen LogP contribution in [0.3, 0.4) is 0 Å². The predicted octanol–water partition coefficient (Wildman–Crippen LogP) is 5.15. The summed E-state index contributed by atoms with van der Waals surface area (Å²) in [6.45, 7) is 0. The van der Waals surface area contributed by atoms with Gasteiger partial charge in [-0.25, -0.2) is 19.4 Å². The van der Waals surface area contributed by atoms with Gasteiger partial charge in [0.1, 0.15) is 0 Å². The first-order valence-corrected chi connectivity index (χ1v) is 9.29. The lowest BCUT2D eigenvalue weighted by atomic mass is 10.1. The monoisotopic (exact) mass is 354 g/mol. The Morgan fingerprint density at radius 3 is 1.23 bits per heavy atom. The number of carbonyl (C=O) groups is 2. The SMILES string of the molecule is O=C(CCCCCCCCl)OOC(=O)CCCCCCCCl. The van der Waals surface area contributed by atoms with Crippen molar-refractivity contribution in [1.82, 2.24) is 0 Å². The fourth-order valence-corrected chi connectivity index (χ4v) is 2.34. The van der Waals surface area contributed by atoms with Gasteiger partial charge in [0.05, 0.1) is 12.8 Å². The molecule has 0 aromatic heterocycles. The molecule has 130 valence electrons. The summed E-state index contributed by atoms with van der Waals surface area (Å²) in [6.07, 6.45) is 10.3. The molecule has 0 aliphatic rings. The van der Waals surface area contributed by atoms with Crippen LogP contribution >= 0.6 is 23.2 Å². The van der Waals surface area contributed by atoms with E-state index >= 15 is 0 Å². The Hall–Kier alpha value is -0.480. The van der Waals surface area contributed by atoms with Gasteiger partial charge in [-0.2, -0.15) is 0 Å². The molecular formula is C16H28Cl2O4. The van der Waals surface area contributed by atoms with Crippen LogP contribution in [0, 0.1) is 0 Å². The second-order valence-corrected chi connectivity index (χ2v) is 6.08. The molecule has 0 radical (unpaired) electrons. The number of carbonyl (C=O) groups excluding carboxylic acids is 2. The van der Waals surface area contributed by atoms with Crippen LogP contribution in [0.15, 0.2) is 0 Å². The van der Waals surface area contributed by atoms with E-state index in [4.69, 9.17) is 23.2 Å². The summed E-state index contributed by atoms with van der Waals surface area (Å²) in [5, 5.41) is 0. The molecule has 0 heterocycles. The third kappa shape index (κ3) is 15.9. The Morgan fingerprint density at radius 1 is 0.545 bits per heavy atom. The molecular weight excluding hydrogens is 327 g/mol. The van der Waals surface area contributed by atoms with Crippen molar-refractivity contribution in [1.29, 1.82) is 0 Å². The molecule has 0 aromatic rings. The summed E-state index contributed by atoms with van der Waals surface area (Å²) in [6, 6.07) is 0. The van der Waals surface area contributed by atoms with Gasteiger partial charge in [-0.1, -0.05) is 38.5 Å². The molecule has 0 atom stereocenters. The normalized spacial score (nSPS) is 10.5. The first-order valence-electron chi connectivity index (χ1n) is 8.22. The molecule has 0 N–H and O–H groups in total. The van der Waals surface area contributed by atoms with Crippen molar-refractivity contribution in [2.24, 2.45) is 0 Å². The summed E-state index contributed by atoms with van der Waals surface area (Å²) in [5.74, 6) is 0.413. The summed E-state index contributed by atoms with van der Waals surface area (Å²) < 4.78 is 0. The molecule has 0 amide bonds. The topological polar surface area (TPSA) is 52.6 Å². The fourth-order valence-electron chi connectivity index (χ4n) is 1.96. The average Bonchev–Trinajstić information content (AvgIpc) is 2.52. The molecule has 0 saturated heterocycles. The van der Waals surface area contributed by atoms with E-state index in [1.165, 1.54) is 0 Å². The number of hydrogen-bond donors (Lipinski definition) is 0. The lowest BCUT2D eigenvalue weighted by molar-refractivity contribution is -0.259. The van der Waals surface area contributed by atoms with Crippen molar-refractivity contribution >= 4 is 35.1 Å². The summed E-state index contributed by atoms with van der Waals surface area (Å²) in [7, 11) is 0. The lowest BCUT2D eigenvalue weighted by Gasteiger charge is -2.03. The Balaban J connectivity index is 3.36. The van der Waals surface area contributed by atoms with Crippen molar-refractivity contribution in [3.63, 3.8) is 0 Å². The van der Waals surface area contributed by atoms with Crippen LogP contribution in [-0.2, 0) is 19.4 Å². The minimum atomic E-state index is -0.479. The molecule has 0 aliphatic heterocycles. The van der Waals surface area contributed by atoms with Crippen LogP contribution in [0.25, 0.3) is 0 Å². The Kier molecular flexibility index (Phi) is 16.5. The predicted molar refractivity (Wildman–Crippen MR) is 89.0 cm³/mol. The molecule has 22 heavy (non-hydrogen) atoms. The third-order valence-electron chi connectivity index (χ3n) is 3.26. The minimum Gasteiger partial charge on any atom is -0.247 e. The van der Waals surface area contributed by atoms with Gasteiger partial charge in [-0.15, -0.1) is 23.2 Å². The molecule has 0 rings (SSSR count). The van der Waals surface area contributed by atoms with Crippen LogP contribution in [0.2, 0.25) is 0 Å². The summed E-state index contributed by atoms with van der Waals surface area (Å²) >= 11 is 11.2. The standard InChI is InChI=1S/C16H28Cl2O4/c17-13-9-5-1-3-7-11-15(19)21-22-16(20)12-8-4-2-6-10-14-18/h1-14H2. The van der Waals surface area contributed by atoms with Crippen LogP contribution < -0.4 is 0 Å². The van der Waals surface area contributed by atoms with Gasteiger partial charge in [0.15, 0.2) is 0 Å². The maximum Gasteiger partial charge on any atom is 0.355 e. The second kappa shape index (κ2) is 16.9. The lowest BCUT2D eigenvalue weighted by Crippen LogP contribution is -2.11. The Bertz CT molecular complexity index is 257. The highest BCUT2D eigenvalue weighted by molar-refractivity contribution is 6.18. The van der Waals surface area contributed by atoms with Crippen molar-refractivity contribution in [2.45, 2.75) is 77.0 Å². The van der Waals surface area contributed by atoms with Gasteiger partial charge in [-0.05, 0) is 25.7 Å². The highest BCUT2D eigenvalue weighted by Crippen LogP contribution is 2.08. The maximum absolute atomic E-state index is 11.4. The molecule has 0 fully saturated rings. The van der Waals surface area contributed by atoms with E-state index in [-0.39, 0.29) is 12.8 Å². The van der Waals surface area contributed by atoms with E-state index in [9.17, 15) is 9.59 Å². The zero-order valence-electron chi connectivity index (χ0n) is 13.3. The van der Waals surface area contributed by atoms with E-state index in [2.05, 4.69) is 9.78 Å². The van der Waals surface area contributed by atoms with Gasteiger partial charge in [0.2, 0.25) is 0 Å². The van der Waals surface area contributed by atoms with E-state index in [1.807, 2.05) is 0 Å². The van der Waals surface area contributed by atoms with Crippen LogP contribution in [0.1, 0.15) is 77.0 Å². The highest BCUT2D eigenvalue weighted by atomic mass is 35.5. The van der Waals surface area contributed by atoms with Crippen LogP contribution in [-0.4, -0.2) is 23.7 Å². The van der Waals surface area contributed by atoms with Crippen molar-refractivity contribution in [3.8, 4) is 0 Å². The quantitative estimate of drug-likeness (QED) is 0.187. The molecule has 0 spiro atoms. The molecule has 0 aromatic carbocycles. The molecule has 0 saturated carbocycles. The summed E-state index contributed by atoms with van der Waals surface area (Å²) in [5.41, 5.74) is 0. The molecule has 0 bridgehead atoms. The Morgan fingerprint density at radius 2 is 0.864 bits per heavy atom. The number of hydrogen-bond acceptors (Lipinski definition) is 4. The highest BCUT2D eigenvalue weighted by Gasteiger charge is 2.09. The largest absolute Gasteiger partial charge is 0.355 e. The van der Waals surface area contributed by atoms with E-state index in [0.717, 1.165) is 64.2 Å². The zero-order valence-corrected chi connectivity index (χ0v) is 14.8. The van der Waals surface area contributed by atoms with Gasteiger partial charge in [-0.3, -0.25) is 0 Å². The fraction of sp³-hybridized carbons (Fsp3) is 0.875. The van der Waals surface area contributed by atoms with Crippen molar-refractivity contribution in [3.05, 3.63) is 0 Å². The molecule has 6 heteroatoms. The molecule has 0 aliphatic carbocycles. The zero-order chi connectivity index (χ0) is 16.5. The minimum absolute atomic E-state index is 0.284. The smallest absolute Gasteiger partial charge is 0.247 e. The van der Waals surface area contributed by atoms with Gasteiger partial charge >= 0.3 is 11.9 Å². The first-order chi connectivity index (χ1) is 10.7. The molecule has 4 nitrogen and oxygen atoms in total. The van der Waals surface area contributed by atoms with Gasteiger partial charge in [0.25, 0.3) is 0 Å². The second-order valence-electron chi connectivity index (χ2n) is 5.32. The van der Waals surface area contributed by atoms with E-state index in [1.54, 1.807) is 0 Å². The Labute approximate surface area is 143 Å². The van der Waals surface area contributed by atoms with Gasteiger partial charge in [0, 0.05) is 11.8 Å². The summed E-state index contributed by atoms with van der Waals surface area (Å²) in [4.78, 5) is 31.7. The number of rotatable bonds is 14. The number of alkyl halides is 2. The third-order valence-corrected chi connectivity index (χ3v) is 3.79.